The number of carbonyl (C=O) groups is 2. The highest BCUT2D eigenvalue weighted by Crippen LogP contribution is 2.36. The lowest BCUT2D eigenvalue weighted by molar-refractivity contribution is -0.113. The minimum atomic E-state index is -3.60. The van der Waals surface area contributed by atoms with Crippen LogP contribution in [0, 0.1) is 18.3 Å². The molecule has 2 amide bonds. The van der Waals surface area contributed by atoms with Crippen LogP contribution in [0.2, 0.25) is 0 Å². The molecule has 0 atom stereocenters. The van der Waals surface area contributed by atoms with Crippen molar-refractivity contribution in [3.8, 4) is 11.9 Å². The van der Waals surface area contributed by atoms with Gasteiger partial charge in [0.05, 0.1) is 16.8 Å². The molecule has 3 aromatic rings. The second kappa shape index (κ2) is 8.46. The molecule has 1 saturated heterocycles. The topological polar surface area (TPSA) is 150 Å². The van der Waals surface area contributed by atoms with Crippen molar-refractivity contribution in [2.45, 2.75) is 18.9 Å². The SMILES string of the molecule is Cc1ccc(N2CC3(Cc4nn(-c5ccc(C#N)cn5)c(NC(=O)CS(C)(=O)=O)c4C(=O)N3)C2)cc1. The minimum absolute atomic E-state index is 0.0397. The molecule has 2 aromatic heterocycles. The Morgan fingerprint density at radius 1 is 1.22 bits per heavy atom. The van der Waals surface area contributed by atoms with E-state index in [0.717, 1.165) is 17.5 Å². The van der Waals surface area contributed by atoms with Gasteiger partial charge in [-0.3, -0.25) is 9.59 Å². The summed E-state index contributed by atoms with van der Waals surface area (Å²) in [6, 6.07) is 13.2. The van der Waals surface area contributed by atoms with E-state index in [0.29, 0.717) is 30.8 Å². The first-order valence-electron chi connectivity index (χ1n) is 11.2. The highest BCUT2D eigenvalue weighted by molar-refractivity contribution is 7.91. The maximum absolute atomic E-state index is 13.3. The molecule has 36 heavy (non-hydrogen) atoms. The van der Waals surface area contributed by atoms with E-state index in [2.05, 4.69) is 25.6 Å². The number of pyridine rings is 1. The maximum atomic E-state index is 13.3. The van der Waals surface area contributed by atoms with E-state index in [9.17, 15) is 18.0 Å². The van der Waals surface area contributed by atoms with Crippen molar-refractivity contribution < 1.29 is 18.0 Å². The molecular weight excluding hydrogens is 482 g/mol. The molecule has 4 heterocycles. The van der Waals surface area contributed by atoms with E-state index in [1.165, 1.54) is 16.9 Å². The zero-order chi connectivity index (χ0) is 25.7. The Hall–Kier alpha value is -4.24. The second-order valence-corrected chi connectivity index (χ2v) is 11.5. The van der Waals surface area contributed by atoms with E-state index >= 15 is 0 Å². The van der Waals surface area contributed by atoms with Crippen molar-refractivity contribution in [1.29, 1.82) is 5.26 Å². The van der Waals surface area contributed by atoms with E-state index in [4.69, 9.17) is 5.26 Å². The first-order chi connectivity index (χ1) is 17.1. The number of aryl methyl sites for hydroxylation is 1. The fourth-order valence-electron chi connectivity index (χ4n) is 4.57. The summed E-state index contributed by atoms with van der Waals surface area (Å²) in [6.07, 6.45) is 2.73. The molecule has 12 heteroatoms. The number of benzene rings is 1. The van der Waals surface area contributed by atoms with Crippen LogP contribution in [0.5, 0.6) is 0 Å². The number of fused-ring (bicyclic) bond motifs is 1. The van der Waals surface area contributed by atoms with E-state index in [1.54, 1.807) is 6.07 Å². The lowest BCUT2D eigenvalue weighted by atomic mass is 9.80. The van der Waals surface area contributed by atoms with Crippen molar-refractivity contribution in [1.82, 2.24) is 20.1 Å². The summed E-state index contributed by atoms with van der Waals surface area (Å²) in [5, 5.41) is 19.3. The van der Waals surface area contributed by atoms with Crippen molar-refractivity contribution in [2.75, 3.05) is 35.3 Å². The lowest BCUT2D eigenvalue weighted by Gasteiger charge is -2.52. The summed E-state index contributed by atoms with van der Waals surface area (Å²) in [4.78, 5) is 32.2. The number of hydrogen-bond donors (Lipinski definition) is 2. The molecule has 5 rings (SSSR count). The summed E-state index contributed by atoms with van der Waals surface area (Å²) >= 11 is 0. The molecule has 11 nitrogen and oxygen atoms in total. The monoisotopic (exact) mass is 505 g/mol. The number of anilines is 2. The Bertz CT molecular complexity index is 1510. The van der Waals surface area contributed by atoms with Gasteiger partial charge in [0.1, 0.15) is 17.4 Å². The first-order valence-corrected chi connectivity index (χ1v) is 13.2. The normalized spacial score (nSPS) is 16.0. The lowest BCUT2D eigenvalue weighted by Crippen LogP contribution is -2.73. The summed E-state index contributed by atoms with van der Waals surface area (Å²) < 4.78 is 24.6. The minimum Gasteiger partial charge on any atom is -0.367 e. The van der Waals surface area contributed by atoms with Gasteiger partial charge in [0, 0.05) is 37.7 Å². The number of hydrogen-bond acceptors (Lipinski definition) is 8. The third-order valence-electron chi connectivity index (χ3n) is 6.20. The van der Waals surface area contributed by atoms with Crippen LogP contribution in [0.4, 0.5) is 11.5 Å². The van der Waals surface area contributed by atoms with Crippen LogP contribution in [0.25, 0.3) is 5.82 Å². The molecule has 0 saturated carbocycles. The number of nitriles is 1. The molecule has 1 fully saturated rings. The molecule has 0 bridgehead atoms. The molecule has 184 valence electrons. The third-order valence-corrected chi connectivity index (χ3v) is 6.99. The predicted octanol–water partition coefficient (Wildman–Crippen LogP) is 0.975. The van der Waals surface area contributed by atoms with Crippen LogP contribution in [0.1, 0.15) is 27.2 Å². The predicted molar refractivity (Wildman–Crippen MR) is 132 cm³/mol. The van der Waals surface area contributed by atoms with Gasteiger partial charge >= 0.3 is 0 Å². The zero-order valence-corrected chi connectivity index (χ0v) is 20.5. The summed E-state index contributed by atoms with van der Waals surface area (Å²) in [5.74, 6) is -1.63. The van der Waals surface area contributed by atoms with Crippen LogP contribution in [-0.2, 0) is 21.1 Å². The van der Waals surface area contributed by atoms with Gasteiger partial charge in [-0.05, 0) is 31.2 Å². The number of carbonyl (C=O) groups excluding carboxylic acids is 2. The molecule has 2 aliphatic heterocycles. The number of nitrogens with one attached hydrogen (secondary N) is 2. The molecule has 0 unspecified atom stereocenters. The smallest absolute Gasteiger partial charge is 0.257 e. The molecule has 1 spiro atoms. The number of nitrogens with zero attached hydrogens (tertiary/aromatic N) is 5. The Labute approximate surface area is 207 Å². The first kappa shape index (κ1) is 23.5. The van der Waals surface area contributed by atoms with Gasteiger partial charge in [0.25, 0.3) is 5.91 Å². The van der Waals surface area contributed by atoms with Gasteiger partial charge in [-0.15, -0.1) is 0 Å². The van der Waals surface area contributed by atoms with Crippen molar-refractivity contribution in [3.63, 3.8) is 0 Å². The van der Waals surface area contributed by atoms with Crippen LogP contribution in [0.3, 0.4) is 0 Å². The van der Waals surface area contributed by atoms with Crippen molar-refractivity contribution in [3.05, 3.63) is 65.0 Å². The van der Waals surface area contributed by atoms with E-state index in [-0.39, 0.29) is 17.2 Å². The van der Waals surface area contributed by atoms with Crippen molar-refractivity contribution in [2.24, 2.45) is 0 Å². The van der Waals surface area contributed by atoms with Crippen molar-refractivity contribution >= 4 is 33.2 Å². The average molecular weight is 506 g/mol. The maximum Gasteiger partial charge on any atom is 0.257 e. The van der Waals surface area contributed by atoms with Gasteiger partial charge in [0.15, 0.2) is 21.5 Å². The standard InChI is InChI=1S/C24H23N7O4S/c1-15-3-6-17(7-4-15)30-13-24(14-30)9-18-21(23(33)28-24)22(27-20(32)12-36(2,34)35)31(29-18)19-8-5-16(10-25)11-26-19/h3-8,11H,9,12-14H2,1-2H3,(H,27,32)(H,28,33). The van der Waals surface area contributed by atoms with Crippen LogP contribution in [-0.4, -0.2) is 65.6 Å². The fraction of sp³-hybridized carbons (Fsp3) is 0.292. The molecule has 0 aliphatic carbocycles. The number of rotatable bonds is 5. The average Bonchev–Trinajstić information content (AvgIpc) is 3.15. The van der Waals surface area contributed by atoms with E-state index in [1.807, 2.05) is 37.3 Å². The Balaban J connectivity index is 1.48. The van der Waals surface area contributed by atoms with Gasteiger partial charge in [-0.25, -0.2) is 13.4 Å². The molecule has 2 N–H and O–H groups in total. The summed E-state index contributed by atoms with van der Waals surface area (Å²) in [6.45, 7) is 3.22. The fourth-order valence-corrected chi connectivity index (χ4v) is 5.12. The summed E-state index contributed by atoms with van der Waals surface area (Å²) in [7, 11) is -3.60. The summed E-state index contributed by atoms with van der Waals surface area (Å²) in [5.41, 5.74) is 2.69. The highest BCUT2D eigenvalue weighted by atomic mass is 32.2. The van der Waals surface area contributed by atoms with Crippen LogP contribution >= 0.6 is 0 Å². The largest absolute Gasteiger partial charge is 0.367 e. The van der Waals surface area contributed by atoms with Crippen LogP contribution in [0.15, 0.2) is 42.6 Å². The number of amides is 2. The highest BCUT2D eigenvalue weighted by Gasteiger charge is 2.49. The van der Waals surface area contributed by atoms with Gasteiger partial charge in [-0.1, -0.05) is 17.7 Å². The van der Waals surface area contributed by atoms with Gasteiger partial charge in [0.2, 0.25) is 5.91 Å². The zero-order valence-electron chi connectivity index (χ0n) is 19.6. The quantitative estimate of drug-likeness (QED) is 0.521. The number of aromatic nitrogens is 3. The van der Waals surface area contributed by atoms with Gasteiger partial charge in [-0.2, -0.15) is 15.0 Å². The van der Waals surface area contributed by atoms with Gasteiger partial charge < -0.3 is 15.5 Å². The van der Waals surface area contributed by atoms with Crippen LogP contribution < -0.4 is 15.5 Å². The molecular formula is C24H23N7O4S. The molecule has 2 aliphatic rings. The third kappa shape index (κ3) is 4.40. The second-order valence-electron chi connectivity index (χ2n) is 9.32. The Morgan fingerprint density at radius 2 is 1.94 bits per heavy atom. The molecule has 1 aromatic carbocycles. The Kier molecular flexibility index (Phi) is 5.52. The van der Waals surface area contributed by atoms with E-state index < -0.39 is 32.9 Å². The molecule has 0 radical (unpaired) electrons. The number of sulfone groups is 1. The Morgan fingerprint density at radius 3 is 2.56 bits per heavy atom.